The summed E-state index contributed by atoms with van der Waals surface area (Å²) in [6.07, 6.45) is -0.712. The fourth-order valence-corrected chi connectivity index (χ4v) is 2.86. The Balaban J connectivity index is 2.14. The van der Waals surface area contributed by atoms with Gasteiger partial charge in [-0.2, -0.15) is 0 Å². The molecule has 0 bridgehead atoms. The number of nitrogens with one attached hydrogen (secondary N) is 2. The summed E-state index contributed by atoms with van der Waals surface area (Å²) in [5.74, 6) is 0. The second kappa shape index (κ2) is 6.71. The largest absolute Gasteiger partial charge is 0.387 e. The van der Waals surface area contributed by atoms with E-state index in [0.717, 1.165) is 5.56 Å². The van der Waals surface area contributed by atoms with Crippen molar-refractivity contribution in [2.75, 3.05) is 18.9 Å². The Morgan fingerprint density at radius 2 is 1.67 bits per heavy atom. The van der Waals surface area contributed by atoms with E-state index in [1.165, 1.54) is 13.1 Å². The van der Waals surface area contributed by atoms with E-state index in [-0.39, 0.29) is 11.4 Å². The number of rotatable bonds is 6. The molecule has 0 amide bonds. The van der Waals surface area contributed by atoms with Crippen LogP contribution in [0.4, 0.5) is 5.69 Å². The second-order valence-electron chi connectivity index (χ2n) is 4.51. The minimum Gasteiger partial charge on any atom is -0.387 e. The lowest BCUT2D eigenvalue weighted by atomic mass is 10.1. The van der Waals surface area contributed by atoms with Crippen molar-refractivity contribution in [2.45, 2.75) is 11.0 Å². The number of benzene rings is 2. The molecule has 0 aromatic heterocycles. The molecule has 0 aliphatic heterocycles. The number of anilines is 1. The van der Waals surface area contributed by atoms with Gasteiger partial charge >= 0.3 is 0 Å². The highest BCUT2D eigenvalue weighted by molar-refractivity contribution is 7.89. The van der Waals surface area contributed by atoms with Crippen LogP contribution in [-0.2, 0) is 10.0 Å². The third kappa shape index (κ3) is 3.81. The lowest BCUT2D eigenvalue weighted by molar-refractivity contribution is 0.191. The van der Waals surface area contributed by atoms with E-state index in [4.69, 9.17) is 0 Å². The van der Waals surface area contributed by atoms with Gasteiger partial charge in [-0.25, -0.2) is 13.1 Å². The van der Waals surface area contributed by atoms with Crippen molar-refractivity contribution < 1.29 is 13.5 Å². The molecule has 2 rings (SSSR count). The van der Waals surface area contributed by atoms with Crippen LogP contribution >= 0.6 is 0 Å². The third-order valence-electron chi connectivity index (χ3n) is 3.12. The standard InChI is InChI=1S/C15H18N2O3S/c1-16-21(19,20)15-10-6-5-9-13(15)17-11-14(18)12-7-3-2-4-8-12/h2-10,14,16-18H,11H2,1H3. The summed E-state index contributed by atoms with van der Waals surface area (Å²) in [4.78, 5) is 0.160. The van der Waals surface area contributed by atoms with E-state index in [1.54, 1.807) is 18.2 Å². The minimum atomic E-state index is -3.54. The molecule has 0 saturated heterocycles. The zero-order valence-electron chi connectivity index (χ0n) is 11.7. The third-order valence-corrected chi connectivity index (χ3v) is 4.59. The van der Waals surface area contributed by atoms with Crippen LogP contribution in [0.25, 0.3) is 0 Å². The molecule has 1 atom stereocenters. The zero-order valence-corrected chi connectivity index (χ0v) is 12.5. The van der Waals surface area contributed by atoms with Crippen LogP contribution in [-0.4, -0.2) is 27.1 Å². The van der Waals surface area contributed by atoms with Crippen LogP contribution in [0.1, 0.15) is 11.7 Å². The van der Waals surface area contributed by atoms with Gasteiger partial charge in [0.1, 0.15) is 4.90 Å². The molecule has 21 heavy (non-hydrogen) atoms. The summed E-state index contributed by atoms with van der Waals surface area (Å²) in [6.45, 7) is 0.222. The molecule has 112 valence electrons. The highest BCUT2D eigenvalue weighted by Crippen LogP contribution is 2.21. The quantitative estimate of drug-likeness (QED) is 0.759. The maximum Gasteiger partial charge on any atom is 0.242 e. The minimum absolute atomic E-state index is 0.160. The number of sulfonamides is 1. The molecule has 0 saturated carbocycles. The van der Waals surface area contributed by atoms with E-state index in [2.05, 4.69) is 10.0 Å². The van der Waals surface area contributed by atoms with Crippen molar-refractivity contribution in [1.29, 1.82) is 0 Å². The Bertz CT molecular complexity index is 687. The fraction of sp³-hybridized carbons (Fsp3) is 0.200. The summed E-state index contributed by atoms with van der Waals surface area (Å²) in [5.41, 5.74) is 1.24. The molecule has 6 heteroatoms. The van der Waals surface area contributed by atoms with Crippen LogP contribution in [0, 0.1) is 0 Å². The Hall–Kier alpha value is -1.89. The first-order chi connectivity index (χ1) is 10.0. The monoisotopic (exact) mass is 306 g/mol. The van der Waals surface area contributed by atoms with Gasteiger partial charge in [0.15, 0.2) is 0 Å². The predicted octanol–water partition coefficient (Wildman–Crippen LogP) is 1.74. The van der Waals surface area contributed by atoms with Gasteiger partial charge in [-0.1, -0.05) is 42.5 Å². The fourth-order valence-electron chi connectivity index (χ4n) is 1.96. The highest BCUT2D eigenvalue weighted by atomic mass is 32.2. The summed E-state index contributed by atoms with van der Waals surface area (Å²) in [7, 11) is -2.17. The SMILES string of the molecule is CNS(=O)(=O)c1ccccc1NCC(O)c1ccccc1. The van der Waals surface area contributed by atoms with Crippen LogP contribution < -0.4 is 10.0 Å². The van der Waals surface area contributed by atoms with Crippen molar-refractivity contribution >= 4 is 15.7 Å². The first-order valence-corrected chi connectivity index (χ1v) is 8.02. The second-order valence-corrected chi connectivity index (χ2v) is 6.37. The van der Waals surface area contributed by atoms with E-state index in [1.807, 2.05) is 30.3 Å². The number of hydrogen-bond acceptors (Lipinski definition) is 4. The average Bonchev–Trinajstić information content (AvgIpc) is 2.53. The van der Waals surface area contributed by atoms with Gasteiger partial charge in [0.25, 0.3) is 0 Å². The van der Waals surface area contributed by atoms with Gasteiger partial charge in [-0.15, -0.1) is 0 Å². The molecule has 2 aromatic carbocycles. The molecule has 5 nitrogen and oxygen atoms in total. The molecule has 0 heterocycles. The zero-order chi connectivity index (χ0) is 15.3. The number of aliphatic hydroxyl groups excluding tert-OH is 1. The van der Waals surface area contributed by atoms with Crippen LogP contribution in [0.3, 0.4) is 0 Å². The van der Waals surface area contributed by atoms with Crippen molar-refractivity contribution in [3.05, 3.63) is 60.2 Å². The molecule has 1 unspecified atom stereocenters. The molecular formula is C15H18N2O3S. The molecule has 3 N–H and O–H groups in total. The van der Waals surface area contributed by atoms with E-state index < -0.39 is 16.1 Å². The lowest BCUT2D eigenvalue weighted by Gasteiger charge is -2.15. The van der Waals surface area contributed by atoms with Crippen LogP contribution in [0.15, 0.2) is 59.5 Å². The number of aliphatic hydroxyl groups is 1. The molecule has 0 radical (unpaired) electrons. The van der Waals surface area contributed by atoms with Gasteiger partial charge in [0, 0.05) is 6.54 Å². The summed E-state index contributed by atoms with van der Waals surface area (Å²) in [6, 6.07) is 15.8. The van der Waals surface area contributed by atoms with E-state index in [9.17, 15) is 13.5 Å². The smallest absolute Gasteiger partial charge is 0.242 e. The van der Waals surface area contributed by atoms with Gasteiger partial charge in [0.05, 0.1) is 11.8 Å². The predicted molar refractivity (Wildman–Crippen MR) is 82.6 cm³/mol. The summed E-state index contributed by atoms with van der Waals surface area (Å²) >= 11 is 0. The number of para-hydroxylation sites is 1. The topological polar surface area (TPSA) is 78.4 Å². The van der Waals surface area contributed by atoms with E-state index in [0.29, 0.717) is 5.69 Å². The molecule has 0 aliphatic rings. The van der Waals surface area contributed by atoms with Gasteiger partial charge in [-0.3, -0.25) is 0 Å². The van der Waals surface area contributed by atoms with Gasteiger partial charge in [0.2, 0.25) is 10.0 Å². The lowest BCUT2D eigenvalue weighted by Crippen LogP contribution is -2.21. The Kier molecular flexibility index (Phi) is 4.95. The molecule has 2 aromatic rings. The van der Waals surface area contributed by atoms with Crippen molar-refractivity contribution in [2.24, 2.45) is 0 Å². The summed E-state index contributed by atoms with van der Waals surface area (Å²) in [5, 5.41) is 13.1. The van der Waals surface area contributed by atoms with Crippen LogP contribution in [0.5, 0.6) is 0 Å². The van der Waals surface area contributed by atoms with Crippen LogP contribution in [0.2, 0.25) is 0 Å². The van der Waals surface area contributed by atoms with E-state index >= 15 is 0 Å². The van der Waals surface area contributed by atoms with Crippen molar-refractivity contribution in [3.8, 4) is 0 Å². The maximum atomic E-state index is 11.9. The number of hydrogen-bond donors (Lipinski definition) is 3. The van der Waals surface area contributed by atoms with Gasteiger partial charge in [-0.05, 0) is 24.7 Å². The molecule has 0 aliphatic carbocycles. The Morgan fingerprint density at radius 1 is 1.05 bits per heavy atom. The van der Waals surface area contributed by atoms with Crippen molar-refractivity contribution in [3.63, 3.8) is 0 Å². The molecular weight excluding hydrogens is 288 g/mol. The maximum absolute atomic E-state index is 11.9. The first-order valence-electron chi connectivity index (χ1n) is 6.54. The average molecular weight is 306 g/mol. The Labute approximate surface area is 124 Å². The van der Waals surface area contributed by atoms with Crippen molar-refractivity contribution in [1.82, 2.24) is 4.72 Å². The molecule has 0 fully saturated rings. The first kappa shape index (κ1) is 15.5. The highest BCUT2D eigenvalue weighted by Gasteiger charge is 2.16. The van der Waals surface area contributed by atoms with Gasteiger partial charge < -0.3 is 10.4 Å². The summed E-state index contributed by atoms with van der Waals surface area (Å²) < 4.78 is 26.1. The normalized spacial score (nSPS) is 12.9. The molecule has 0 spiro atoms. The Morgan fingerprint density at radius 3 is 2.33 bits per heavy atom.